The summed E-state index contributed by atoms with van der Waals surface area (Å²) in [4.78, 5) is 10.2. The monoisotopic (exact) mass is 268 g/mol. The van der Waals surface area contributed by atoms with E-state index in [0.29, 0.717) is 11.3 Å². The third-order valence-corrected chi connectivity index (χ3v) is 4.07. The van der Waals surface area contributed by atoms with Crippen LogP contribution in [0.4, 0.5) is 11.4 Å². The van der Waals surface area contributed by atoms with Crippen molar-refractivity contribution >= 4 is 21.2 Å². The molecule has 96 valence electrons. The number of nitrogens with one attached hydrogen (secondary N) is 1. The molecule has 1 aliphatic heterocycles. The molecule has 18 heavy (non-hydrogen) atoms. The number of nitrogens with zero attached hydrogens (tertiary/aromatic N) is 1. The normalized spacial score (nSPS) is 20.8. The first-order valence-corrected chi connectivity index (χ1v) is 7.01. The Balaban J connectivity index is 2.15. The van der Waals surface area contributed by atoms with E-state index in [0.717, 1.165) is 0 Å². The third kappa shape index (κ3) is 2.67. The van der Waals surface area contributed by atoms with E-state index < -0.39 is 14.8 Å². The van der Waals surface area contributed by atoms with E-state index in [2.05, 4.69) is 5.32 Å². The minimum Gasteiger partial charge on any atom is -0.378 e. The molecule has 0 fully saturated rings. The maximum absolute atomic E-state index is 11.2. The molecule has 1 unspecified atom stereocenters. The summed E-state index contributed by atoms with van der Waals surface area (Å²) in [5.41, 5.74) is 1.26. The van der Waals surface area contributed by atoms with Crippen LogP contribution in [0.1, 0.15) is 5.56 Å². The molecule has 0 radical (unpaired) electrons. The lowest BCUT2D eigenvalue weighted by Gasteiger charge is -2.11. The first-order chi connectivity index (χ1) is 8.37. The van der Waals surface area contributed by atoms with Crippen molar-refractivity contribution in [2.45, 2.75) is 13.0 Å². The highest BCUT2D eigenvalue weighted by Crippen LogP contribution is 2.23. The van der Waals surface area contributed by atoms with Gasteiger partial charge in [-0.25, -0.2) is 8.42 Å². The summed E-state index contributed by atoms with van der Waals surface area (Å²) in [6.07, 6.45) is 1.58. The van der Waals surface area contributed by atoms with E-state index in [4.69, 9.17) is 0 Å². The molecule has 1 heterocycles. The summed E-state index contributed by atoms with van der Waals surface area (Å²) in [5.74, 6) is 0.0169. The fourth-order valence-electron chi connectivity index (χ4n) is 1.83. The molecule has 1 aromatic carbocycles. The van der Waals surface area contributed by atoms with Gasteiger partial charge in [-0.1, -0.05) is 6.08 Å². The molecule has 0 bridgehead atoms. The van der Waals surface area contributed by atoms with E-state index in [1.807, 2.05) is 0 Å². The Morgan fingerprint density at radius 3 is 2.67 bits per heavy atom. The van der Waals surface area contributed by atoms with Crippen LogP contribution in [0.25, 0.3) is 0 Å². The number of hydrogen-bond acceptors (Lipinski definition) is 5. The van der Waals surface area contributed by atoms with Crippen LogP contribution in [-0.4, -0.2) is 25.1 Å². The molecule has 1 N–H and O–H groups in total. The predicted molar refractivity (Wildman–Crippen MR) is 68.2 cm³/mol. The molecule has 2 rings (SSSR count). The summed E-state index contributed by atoms with van der Waals surface area (Å²) < 4.78 is 22.5. The Bertz CT molecular complexity index is 622. The SMILES string of the molecule is Cc1cc(NC2C=CS(=O)(=O)C2)ccc1[N+](=O)[O-]. The summed E-state index contributed by atoms with van der Waals surface area (Å²) in [5, 5.41) is 14.9. The molecule has 1 aromatic rings. The Morgan fingerprint density at radius 2 is 2.17 bits per heavy atom. The molecule has 6 nitrogen and oxygen atoms in total. The molecule has 0 aliphatic carbocycles. The number of aryl methyl sites for hydroxylation is 1. The van der Waals surface area contributed by atoms with Gasteiger partial charge in [0.1, 0.15) is 0 Å². The number of hydrogen-bond donors (Lipinski definition) is 1. The first-order valence-electron chi connectivity index (χ1n) is 5.30. The fourth-order valence-corrected chi connectivity index (χ4v) is 3.07. The second-order valence-electron chi connectivity index (χ2n) is 4.17. The maximum Gasteiger partial charge on any atom is 0.272 e. The van der Waals surface area contributed by atoms with Crippen LogP contribution < -0.4 is 5.32 Å². The molecular weight excluding hydrogens is 256 g/mol. The van der Waals surface area contributed by atoms with Crippen LogP contribution in [0.2, 0.25) is 0 Å². The van der Waals surface area contributed by atoms with Gasteiger partial charge in [0.15, 0.2) is 9.84 Å². The molecule has 0 saturated carbocycles. The maximum atomic E-state index is 11.2. The Kier molecular flexibility index (Phi) is 3.08. The number of anilines is 1. The lowest BCUT2D eigenvalue weighted by Crippen LogP contribution is -2.20. The van der Waals surface area contributed by atoms with E-state index in [9.17, 15) is 18.5 Å². The quantitative estimate of drug-likeness (QED) is 0.664. The third-order valence-electron chi connectivity index (χ3n) is 2.68. The van der Waals surface area contributed by atoms with Crippen LogP contribution in [0.5, 0.6) is 0 Å². The summed E-state index contributed by atoms with van der Waals surface area (Å²) in [6, 6.07) is 4.34. The van der Waals surface area contributed by atoms with Crippen LogP contribution in [0, 0.1) is 17.0 Å². The Hall–Kier alpha value is -1.89. The number of nitro benzene ring substituents is 1. The van der Waals surface area contributed by atoms with E-state index in [-0.39, 0.29) is 17.5 Å². The first kappa shape index (κ1) is 12.6. The summed E-state index contributed by atoms with van der Waals surface area (Å²) in [6.45, 7) is 1.64. The molecule has 0 spiro atoms. The van der Waals surface area contributed by atoms with Gasteiger partial charge in [0.05, 0.1) is 16.7 Å². The van der Waals surface area contributed by atoms with Gasteiger partial charge < -0.3 is 5.32 Å². The zero-order valence-corrected chi connectivity index (χ0v) is 10.5. The van der Waals surface area contributed by atoms with Gasteiger partial charge in [0, 0.05) is 22.7 Å². The minimum atomic E-state index is -3.10. The molecule has 0 saturated heterocycles. The molecule has 7 heteroatoms. The highest BCUT2D eigenvalue weighted by atomic mass is 32.2. The van der Waals surface area contributed by atoms with Crippen molar-refractivity contribution in [2.24, 2.45) is 0 Å². The van der Waals surface area contributed by atoms with E-state index in [1.54, 1.807) is 25.1 Å². The number of rotatable bonds is 3. The second-order valence-corrected chi connectivity index (χ2v) is 6.10. The van der Waals surface area contributed by atoms with Crippen molar-refractivity contribution in [2.75, 3.05) is 11.1 Å². The largest absolute Gasteiger partial charge is 0.378 e. The van der Waals surface area contributed by atoms with Gasteiger partial charge in [0.25, 0.3) is 5.69 Å². The van der Waals surface area contributed by atoms with Crippen LogP contribution in [0.3, 0.4) is 0 Å². The van der Waals surface area contributed by atoms with Crippen molar-refractivity contribution in [3.05, 3.63) is 45.4 Å². The molecule has 0 amide bonds. The highest BCUT2D eigenvalue weighted by Gasteiger charge is 2.21. The minimum absolute atomic E-state index is 0.0169. The lowest BCUT2D eigenvalue weighted by molar-refractivity contribution is -0.385. The van der Waals surface area contributed by atoms with Crippen molar-refractivity contribution in [1.82, 2.24) is 0 Å². The van der Waals surface area contributed by atoms with Crippen molar-refractivity contribution in [3.63, 3.8) is 0 Å². The number of benzene rings is 1. The van der Waals surface area contributed by atoms with E-state index >= 15 is 0 Å². The van der Waals surface area contributed by atoms with Crippen LogP contribution in [-0.2, 0) is 9.84 Å². The van der Waals surface area contributed by atoms with Crippen LogP contribution in [0.15, 0.2) is 29.7 Å². The van der Waals surface area contributed by atoms with Gasteiger partial charge in [-0.2, -0.15) is 0 Å². The second kappa shape index (κ2) is 4.41. The zero-order valence-electron chi connectivity index (χ0n) is 9.66. The Labute approximate surface area is 104 Å². The average Bonchev–Trinajstić information content (AvgIpc) is 2.57. The van der Waals surface area contributed by atoms with Gasteiger partial charge in [0.2, 0.25) is 0 Å². The van der Waals surface area contributed by atoms with E-state index in [1.165, 1.54) is 11.5 Å². The average molecular weight is 268 g/mol. The summed E-state index contributed by atoms with van der Waals surface area (Å²) in [7, 11) is -3.10. The van der Waals surface area contributed by atoms with Gasteiger partial charge >= 0.3 is 0 Å². The topological polar surface area (TPSA) is 89.3 Å². The standard InChI is InChI=1S/C11H12N2O4S/c1-8-6-9(2-3-11(8)13(14)15)12-10-4-5-18(16,17)7-10/h2-6,10,12H,7H2,1H3. The number of sulfone groups is 1. The zero-order chi connectivity index (χ0) is 13.3. The Morgan fingerprint density at radius 1 is 1.44 bits per heavy atom. The van der Waals surface area contributed by atoms with Crippen molar-refractivity contribution in [1.29, 1.82) is 0 Å². The molecular formula is C11H12N2O4S. The van der Waals surface area contributed by atoms with Gasteiger partial charge in [-0.3, -0.25) is 10.1 Å². The van der Waals surface area contributed by atoms with Gasteiger partial charge in [-0.15, -0.1) is 0 Å². The highest BCUT2D eigenvalue weighted by molar-refractivity contribution is 7.94. The van der Waals surface area contributed by atoms with Crippen molar-refractivity contribution < 1.29 is 13.3 Å². The van der Waals surface area contributed by atoms with Gasteiger partial charge in [-0.05, 0) is 19.1 Å². The lowest BCUT2D eigenvalue weighted by atomic mass is 10.1. The molecule has 1 aliphatic rings. The fraction of sp³-hybridized carbons (Fsp3) is 0.273. The summed E-state index contributed by atoms with van der Waals surface area (Å²) >= 11 is 0. The van der Waals surface area contributed by atoms with Crippen LogP contribution >= 0.6 is 0 Å². The van der Waals surface area contributed by atoms with Crippen molar-refractivity contribution in [3.8, 4) is 0 Å². The number of nitro groups is 1. The molecule has 0 aromatic heterocycles. The smallest absolute Gasteiger partial charge is 0.272 e. The molecule has 1 atom stereocenters. The predicted octanol–water partition coefficient (Wildman–Crippen LogP) is 1.63.